The van der Waals surface area contributed by atoms with Gasteiger partial charge in [0.25, 0.3) is 0 Å². The van der Waals surface area contributed by atoms with Crippen molar-refractivity contribution in [2.75, 3.05) is 13.1 Å². The van der Waals surface area contributed by atoms with E-state index in [4.69, 9.17) is 0 Å². The van der Waals surface area contributed by atoms with E-state index in [2.05, 4.69) is 50.2 Å². The number of nitrogens with zero attached hydrogens (tertiary/aromatic N) is 2. The van der Waals surface area contributed by atoms with Gasteiger partial charge in [-0.2, -0.15) is 0 Å². The van der Waals surface area contributed by atoms with Crippen molar-refractivity contribution in [3.63, 3.8) is 0 Å². The van der Waals surface area contributed by atoms with Crippen LogP contribution in [0.1, 0.15) is 51.4 Å². The number of unbranched alkanes of at least 4 members (excludes halogenated alkanes) is 7. The van der Waals surface area contributed by atoms with Gasteiger partial charge in [-0.3, -0.25) is 60.0 Å². The Kier molecular flexibility index (Phi) is 70.9. The molecule has 0 amide bonds. The van der Waals surface area contributed by atoms with Crippen LogP contribution in [0.4, 0.5) is 0 Å². The van der Waals surface area contributed by atoms with Crippen molar-refractivity contribution in [2.45, 2.75) is 149 Å². The van der Waals surface area contributed by atoms with Gasteiger partial charge in [-0.15, -0.1) is 0 Å². The van der Waals surface area contributed by atoms with Gasteiger partial charge in [0.05, 0.1) is 24.2 Å². The van der Waals surface area contributed by atoms with Crippen molar-refractivity contribution in [3.05, 3.63) is 48.6 Å². The third-order valence-electron chi connectivity index (χ3n) is 12.8. The van der Waals surface area contributed by atoms with Gasteiger partial charge in [-0.05, 0) is 25.9 Å². The zero-order valence-electron chi connectivity index (χ0n) is 58.3. The molecule has 0 unspecified atom stereocenters. The summed E-state index contributed by atoms with van der Waals surface area (Å²) in [5, 5.41) is 0. The van der Waals surface area contributed by atoms with Gasteiger partial charge in [0.15, 0.2) is 0 Å². The van der Waals surface area contributed by atoms with Crippen LogP contribution >= 0.6 is 0 Å². The number of hydrogen-bond donors (Lipinski definition) is 0. The smallest absolute Gasteiger partial charge is 0.726 e. The summed E-state index contributed by atoms with van der Waals surface area (Å²) >= 11 is 0. The maximum atomic E-state index is 12.2. The second kappa shape index (κ2) is 56.6. The first kappa shape index (κ1) is 135. The van der Waals surface area contributed by atoms with Crippen LogP contribution in [0.25, 0.3) is 0 Å². The van der Waals surface area contributed by atoms with Crippen LogP contribution < -0.4 is 355 Å². The minimum atomic E-state index is -6.35. The summed E-state index contributed by atoms with van der Waals surface area (Å²) in [5.74, 6) is 0. The van der Waals surface area contributed by atoms with Crippen LogP contribution in [0, 0.1) is 0 Å². The Morgan fingerprint density at radius 2 is 0.306 bits per heavy atom. The summed E-state index contributed by atoms with van der Waals surface area (Å²) in [6.07, 6.45) is -34.1. The molecule has 0 aromatic carbocycles. The first-order chi connectivity index (χ1) is 43.1. The predicted molar refractivity (Wildman–Crippen MR) is 277 cm³/mol. The molecule has 74 heteroatoms. The third-order valence-corrected chi connectivity index (χ3v) is 18.3. The van der Waals surface area contributed by atoms with E-state index in [9.17, 15) is 156 Å². The molecule has 562 valence electrons. The minimum Gasteiger partial charge on any atom is -0.726 e. The fourth-order valence-electron chi connectivity index (χ4n) is 10.00. The van der Waals surface area contributed by atoms with Crippen molar-refractivity contribution >= 4 is 125 Å². The fourth-order valence-corrected chi connectivity index (χ4v) is 15.7. The Morgan fingerprint density at radius 3 is 0.435 bits per heavy atom. The normalized spacial score (nSPS) is 26.2. The number of hydrogen-bond acceptors (Lipinski definition) is 50. The first-order valence-corrected chi connectivity index (χ1v) is 41.0. The van der Waals surface area contributed by atoms with Crippen LogP contribution in [0.2, 0.25) is 0 Å². The average molecular weight is 1910 g/mol. The average Bonchev–Trinajstić information content (AvgIpc) is 0.761. The van der Waals surface area contributed by atoms with E-state index in [-0.39, 0.29) is 393 Å². The van der Waals surface area contributed by atoms with E-state index >= 15 is 0 Å². The first-order valence-electron chi connectivity index (χ1n) is 25.0. The molecule has 0 saturated heterocycles. The van der Waals surface area contributed by atoms with Gasteiger partial charge < -0.3 is 54.6 Å². The summed E-state index contributed by atoms with van der Waals surface area (Å²) in [5.41, 5.74) is 0. The molecule has 50 nitrogen and oxygen atoms in total. The Hall–Kier alpha value is 9.32. The summed E-state index contributed by atoms with van der Waals surface area (Å²) in [4.78, 5) is 1.03. The Labute approximate surface area is 888 Å². The summed E-state index contributed by atoms with van der Waals surface area (Å²) in [7, 11) is -74.9. The second-order valence-electron chi connectivity index (χ2n) is 19.4. The zero-order valence-corrected chi connectivity index (χ0v) is 92.1. The monoisotopic (exact) mass is 1910 g/mol. The molecule has 0 saturated carbocycles. The molecule has 0 aromatic heterocycles. The van der Waals surface area contributed by atoms with Crippen LogP contribution in [0.3, 0.4) is 0 Å². The van der Waals surface area contributed by atoms with Crippen LogP contribution in [0.5, 0.6) is 0 Å². The quantitative estimate of drug-likeness (QED) is 0.0181. The van der Waals surface area contributed by atoms with Gasteiger partial charge in [-0.25, -0.2) is 101 Å². The molecule has 0 bridgehead atoms. The molecule has 4 aliphatic carbocycles. The third kappa shape index (κ3) is 54.5. The van der Waals surface area contributed by atoms with Gasteiger partial charge in [-0.1, -0.05) is 87.1 Å². The van der Waals surface area contributed by atoms with E-state index in [0.717, 1.165) is 0 Å². The summed E-state index contributed by atoms with van der Waals surface area (Å²) < 4.78 is 481. The molecular formula is C34H44N2Na12O48S12. The molecule has 16 atom stereocenters. The van der Waals surface area contributed by atoms with Crippen LogP contribution in [0.15, 0.2) is 48.6 Å². The van der Waals surface area contributed by atoms with Crippen LogP contribution in [-0.2, 0) is 175 Å². The molecule has 0 N–H and O–H groups in total. The summed E-state index contributed by atoms with van der Waals surface area (Å²) in [6, 6.07) is -9.71. The van der Waals surface area contributed by atoms with Crippen molar-refractivity contribution in [1.82, 2.24) is 9.80 Å². The number of rotatable bonds is 39. The molecule has 4 aliphatic rings. The van der Waals surface area contributed by atoms with Crippen molar-refractivity contribution in [1.29, 1.82) is 0 Å². The molecule has 108 heavy (non-hydrogen) atoms. The zero-order chi connectivity index (χ0) is 73.6. The second-order valence-corrected chi connectivity index (χ2v) is 31.5. The van der Waals surface area contributed by atoms with E-state index in [1.165, 1.54) is 0 Å². The SMILES string of the molecule is O=S(=O)([O-])O[C@H]1[C@H](OS(=O)(=O)[O-])[C@@H](N(CCCCCCCCCCN([C@H]2C=C[C@@H](OS(=O)(=O)[O-])[C@@H](OS(=O)(=O)[O-])[C@@H]2OS(=O)(=O)[O-])[C@H]2C=C[C@@H](OS(=O)(=O)[O-])[C@@H](OS(=O)(=O)[O-])[C@@H]2OS(=O)(=O)[O-])[C@H]2C=C[C@@H](OS(=O)(=O)[O-])[C@@H](OS(=O)(=O)[O-])[C@@H]2OS(=O)(=O)[O-])C=C[C@H]1OS(=O)(=O)[O-].[Na+].[Na+].[Na+].[Na+].[Na+].[Na+].[Na+].[Na+].[Na+].[Na+].[Na+].[Na+]. The minimum absolute atomic E-state index is 0. The maximum Gasteiger partial charge on any atom is 1.00 e. The Balaban J connectivity index is -0.00000117. The van der Waals surface area contributed by atoms with Crippen molar-refractivity contribution in [2.24, 2.45) is 0 Å². The Morgan fingerprint density at radius 1 is 0.185 bits per heavy atom. The molecule has 0 heterocycles. The molecular weight excluding hydrogens is 1870 g/mol. The van der Waals surface area contributed by atoms with Crippen molar-refractivity contribution < 1.29 is 561 Å². The van der Waals surface area contributed by atoms with Crippen LogP contribution in [-0.4, -0.2) is 276 Å². The molecule has 0 radical (unpaired) electrons. The molecule has 4 rings (SSSR count). The van der Waals surface area contributed by atoms with Gasteiger partial charge >= 0.3 is 355 Å². The molecule has 0 aromatic rings. The standard InChI is InChI=1S/C34H56N2O48S12.12Na/c37-85(38,39)73-23-13-9-19(27(77-89(49,50)51)31(23)81-93(61,62)63)35(20-10-14-24(74-86(40,41)42)32(82-94(64,65)66)28(20)78-90(52,53)54)17-7-5-3-1-2-4-6-8-18-36(21-11-15-25(75-87(43,44)45)33(83-95(67,68)69)29(21)79-91(55,56)57)22-12-16-26(76-88(46,47)48)34(84-96(70,71)72)30(22)80-92(58,59)60;;;;;;;;;;;;/h9-16,19-34H,1-8,17-18H2,(H,37,38,39)(H,40,41,42)(H,43,44,45)(H,46,47,48)(H,49,50,51)(H,52,53,54)(H,55,56,57)(H,58,59,60)(H,61,62,63)(H,64,65,66)(H,67,68,69)(H,70,71,72);;;;;;;;;;;;/q;12*+1/p-12/t19-,20-,21-,22-,23+,24+,25+,26+,27+,28+,29+,30+,31+,32+,33+,34+;;;;;;;;;;;;/m0............/s1. The van der Waals surface area contributed by atoms with E-state index in [0.29, 0.717) is 58.4 Å². The van der Waals surface area contributed by atoms with E-state index in [1.807, 2.05) is 0 Å². The van der Waals surface area contributed by atoms with E-state index in [1.54, 1.807) is 0 Å². The molecule has 0 fully saturated rings. The predicted octanol–water partition coefficient (Wildman–Crippen LogP) is -45.3. The Bertz CT molecular complexity index is 3810. The maximum absolute atomic E-state index is 12.2. The largest absolute Gasteiger partial charge is 1.00 e. The summed E-state index contributed by atoms with van der Waals surface area (Å²) in [6.45, 7) is -1.83. The molecule has 0 spiro atoms. The van der Waals surface area contributed by atoms with E-state index < -0.39 is 248 Å². The fraction of sp³-hybridized carbons (Fsp3) is 0.765. The van der Waals surface area contributed by atoms with Gasteiger partial charge in [0.1, 0.15) is 73.2 Å². The van der Waals surface area contributed by atoms with Gasteiger partial charge in [0.2, 0.25) is 125 Å². The topological polar surface area (TPSA) is 804 Å². The molecule has 0 aliphatic heterocycles. The van der Waals surface area contributed by atoms with Gasteiger partial charge in [0, 0.05) is 0 Å². The van der Waals surface area contributed by atoms with Crippen molar-refractivity contribution in [3.8, 4) is 0 Å².